The van der Waals surface area contributed by atoms with E-state index in [1.165, 1.54) is 0 Å². The molecule has 0 aliphatic rings. The van der Waals surface area contributed by atoms with Crippen molar-refractivity contribution in [3.05, 3.63) is 107 Å². The van der Waals surface area contributed by atoms with Crippen LogP contribution in [0, 0.1) is 0 Å². The highest BCUT2D eigenvalue weighted by Crippen LogP contribution is 2.30. The summed E-state index contributed by atoms with van der Waals surface area (Å²) in [5, 5.41) is 3.21. The fourth-order valence-corrected chi connectivity index (χ4v) is 4.05. The van der Waals surface area contributed by atoms with Gasteiger partial charge in [-0.1, -0.05) is 66.2 Å². The predicted molar refractivity (Wildman–Crippen MR) is 146 cm³/mol. The van der Waals surface area contributed by atoms with Gasteiger partial charge in [-0.3, -0.25) is 10.1 Å². The van der Waals surface area contributed by atoms with Gasteiger partial charge in [-0.05, 0) is 60.9 Å². The van der Waals surface area contributed by atoms with Crippen LogP contribution in [0.25, 0.3) is 11.1 Å². The zero-order chi connectivity index (χ0) is 26.9. The first kappa shape index (κ1) is 26.7. The topological polar surface area (TPSA) is 86.8 Å². The molecule has 0 fully saturated rings. The first-order chi connectivity index (χ1) is 18.4. The second-order valence-corrected chi connectivity index (χ2v) is 8.76. The third kappa shape index (κ3) is 7.11. The van der Waals surface area contributed by atoms with Crippen molar-refractivity contribution in [1.82, 2.24) is 4.98 Å². The Morgan fingerprint density at radius 3 is 2.29 bits per heavy atom. The van der Waals surface area contributed by atoms with Gasteiger partial charge in [0.25, 0.3) is 0 Å². The van der Waals surface area contributed by atoms with Gasteiger partial charge in [0.05, 0.1) is 13.0 Å². The van der Waals surface area contributed by atoms with E-state index in [4.69, 9.17) is 25.8 Å². The lowest BCUT2D eigenvalue weighted by Crippen LogP contribution is -2.16. The van der Waals surface area contributed by atoms with E-state index in [0.29, 0.717) is 28.6 Å². The molecule has 1 aromatic heterocycles. The first-order valence-electron chi connectivity index (χ1n) is 12.1. The van der Waals surface area contributed by atoms with Gasteiger partial charge in [-0.25, -0.2) is 9.78 Å². The molecule has 38 heavy (non-hydrogen) atoms. The van der Waals surface area contributed by atoms with Crippen molar-refractivity contribution in [2.75, 3.05) is 11.9 Å². The number of pyridine rings is 1. The van der Waals surface area contributed by atoms with Gasteiger partial charge in [0.1, 0.15) is 17.5 Å². The van der Waals surface area contributed by atoms with Crippen LogP contribution in [0.3, 0.4) is 0 Å². The molecule has 1 atom stereocenters. The average Bonchev–Trinajstić information content (AvgIpc) is 2.91. The van der Waals surface area contributed by atoms with Crippen LogP contribution in [0.15, 0.2) is 91.1 Å². The highest BCUT2D eigenvalue weighted by Gasteiger charge is 2.16. The van der Waals surface area contributed by atoms with Crippen LogP contribution in [-0.4, -0.2) is 23.7 Å². The summed E-state index contributed by atoms with van der Waals surface area (Å²) >= 11 is 6.21. The van der Waals surface area contributed by atoms with Crippen LogP contribution in [0.4, 0.5) is 10.5 Å². The summed E-state index contributed by atoms with van der Waals surface area (Å²) in [5.41, 5.74) is 3.95. The molecule has 4 aromatic rings. The third-order valence-corrected chi connectivity index (χ3v) is 5.99. The Morgan fingerprint density at radius 1 is 0.921 bits per heavy atom. The molecule has 0 aliphatic heterocycles. The number of carbonyl (C=O) groups excluding carboxylic acids is 2. The zero-order valence-corrected chi connectivity index (χ0v) is 21.8. The third-order valence-electron chi connectivity index (χ3n) is 5.64. The molecule has 0 unspecified atom stereocenters. The average molecular weight is 531 g/mol. The van der Waals surface area contributed by atoms with E-state index in [-0.39, 0.29) is 18.3 Å². The Bertz CT molecular complexity index is 1390. The number of rotatable bonds is 9. The Balaban J connectivity index is 1.39. The Kier molecular flexibility index (Phi) is 8.95. The molecule has 3 aromatic carbocycles. The van der Waals surface area contributed by atoms with E-state index in [2.05, 4.69) is 10.3 Å². The number of amides is 1. The van der Waals surface area contributed by atoms with Gasteiger partial charge in [-0.2, -0.15) is 0 Å². The highest BCUT2D eigenvalue weighted by atomic mass is 35.5. The molecular formula is C30H27ClN2O5. The summed E-state index contributed by atoms with van der Waals surface area (Å²) in [6.07, 6.45) is 0.617. The van der Waals surface area contributed by atoms with Crippen molar-refractivity contribution in [3.63, 3.8) is 0 Å². The quantitative estimate of drug-likeness (QED) is 0.224. The molecule has 0 saturated carbocycles. The van der Waals surface area contributed by atoms with Crippen LogP contribution in [-0.2, 0) is 20.7 Å². The van der Waals surface area contributed by atoms with E-state index in [1.54, 1.807) is 44.3 Å². The minimum absolute atomic E-state index is 0.228. The standard InChI is InChI=1S/C30H27ClN2O5/c1-3-36-28(34)19-21-10-12-22(13-11-21)23-14-16-24(17-15-23)38-29-27(9-6-18-32-29)33-30(35)37-20(2)25-7-4-5-8-26(25)31/h4-18,20H,3,19H2,1-2H3,(H,33,35)/t20-/m1/s1. The Hall–Kier alpha value is -4.36. The number of halogens is 1. The lowest BCUT2D eigenvalue weighted by atomic mass is 10.0. The van der Waals surface area contributed by atoms with Gasteiger partial charge in [0.2, 0.25) is 5.88 Å². The van der Waals surface area contributed by atoms with E-state index >= 15 is 0 Å². The maximum atomic E-state index is 12.5. The summed E-state index contributed by atoms with van der Waals surface area (Å²) < 4.78 is 16.4. The lowest BCUT2D eigenvalue weighted by Gasteiger charge is -2.16. The number of hydrogen-bond donors (Lipinski definition) is 1. The smallest absolute Gasteiger partial charge is 0.412 e. The molecule has 0 spiro atoms. The van der Waals surface area contributed by atoms with Gasteiger partial charge < -0.3 is 14.2 Å². The normalized spacial score (nSPS) is 11.3. The molecule has 1 heterocycles. The summed E-state index contributed by atoms with van der Waals surface area (Å²) in [5.74, 6) is 0.534. The van der Waals surface area contributed by atoms with Crippen molar-refractivity contribution >= 4 is 29.4 Å². The fourth-order valence-electron chi connectivity index (χ4n) is 3.76. The lowest BCUT2D eigenvalue weighted by molar-refractivity contribution is -0.142. The zero-order valence-electron chi connectivity index (χ0n) is 21.0. The molecule has 8 heteroatoms. The molecule has 4 rings (SSSR count). The maximum absolute atomic E-state index is 12.5. The number of ether oxygens (including phenoxy) is 3. The summed E-state index contributed by atoms with van der Waals surface area (Å²) in [6, 6.07) is 25.8. The minimum atomic E-state index is -0.656. The maximum Gasteiger partial charge on any atom is 0.412 e. The SMILES string of the molecule is CCOC(=O)Cc1ccc(-c2ccc(Oc3ncccc3NC(=O)O[C@H](C)c3ccccc3Cl)cc2)cc1. The Labute approximate surface area is 226 Å². The number of nitrogens with zero attached hydrogens (tertiary/aromatic N) is 1. The molecule has 7 nitrogen and oxygen atoms in total. The van der Waals surface area contributed by atoms with Crippen molar-refractivity contribution in [2.45, 2.75) is 26.4 Å². The number of carbonyl (C=O) groups is 2. The molecule has 194 valence electrons. The number of anilines is 1. The second kappa shape index (κ2) is 12.7. The van der Waals surface area contributed by atoms with E-state index in [9.17, 15) is 9.59 Å². The van der Waals surface area contributed by atoms with E-state index in [1.807, 2.05) is 60.7 Å². The number of aromatic nitrogens is 1. The first-order valence-corrected chi connectivity index (χ1v) is 12.5. The number of nitrogens with one attached hydrogen (secondary N) is 1. The molecule has 0 saturated heterocycles. The van der Waals surface area contributed by atoms with Crippen LogP contribution in [0.1, 0.15) is 31.1 Å². The van der Waals surface area contributed by atoms with E-state index < -0.39 is 12.2 Å². The van der Waals surface area contributed by atoms with Crippen LogP contribution in [0.5, 0.6) is 11.6 Å². The number of esters is 1. The van der Waals surface area contributed by atoms with Crippen LogP contribution in [0.2, 0.25) is 5.02 Å². The monoisotopic (exact) mass is 530 g/mol. The molecule has 0 radical (unpaired) electrons. The number of benzene rings is 3. The largest absolute Gasteiger partial charge is 0.466 e. The van der Waals surface area contributed by atoms with Crippen molar-refractivity contribution < 1.29 is 23.8 Å². The number of hydrogen-bond acceptors (Lipinski definition) is 6. The molecule has 1 N–H and O–H groups in total. The highest BCUT2D eigenvalue weighted by molar-refractivity contribution is 6.31. The van der Waals surface area contributed by atoms with E-state index in [0.717, 1.165) is 16.7 Å². The molecule has 1 amide bonds. The summed E-state index contributed by atoms with van der Waals surface area (Å²) in [4.78, 5) is 28.5. The fraction of sp³-hybridized carbons (Fsp3) is 0.167. The summed E-state index contributed by atoms with van der Waals surface area (Å²) in [6.45, 7) is 3.91. The van der Waals surface area contributed by atoms with Gasteiger partial charge in [-0.15, -0.1) is 0 Å². The Morgan fingerprint density at radius 2 is 1.61 bits per heavy atom. The van der Waals surface area contributed by atoms with Gasteiger partial charge >= 0.3 is 12.1 Å². The van der Waals surface area contributed by atoms with Gasteiger partial charge in [0.15, 0.2) is 0 Å². The molecule has 0 bridgehead atoms. The van der Waals surface area contributed by atoms with Crippen LogP contribution < -0.4 is 10.1 Å². The summed E-state index contributed by atoms with van der Waals surface area (Å²) in [7, 11) is 0. The van der Waals surface area contributed by atoms with Crippen molar-refractivity contribution in [1.29, 1.82) is 0 Å². The molecule has 0 aliphatic carbocycles. The van der Waals surface area contributed by atoms with Crippen molar-refractivity contribution in [3.8, 4) is 22.8 Å². The van der Waals surface area contributed by atoms with Gasteiger partial charge in [0, 0.05) is 16.8 Å². The van der Waals surface area contributed by atoms with Crippen LogP contribution >= 0.6 is 11.6 Å². The molecular weight excluding hydrogens is 504 g/mol. The second-order valence-electron chi connectivity index (χ2n) is 8.36. The van der Waals surface area contributed by atoms with Crippen molar-refractivity contribution in [2.24, 2.45) is 0 Å². The minimum Gasteiger partial charge on any atom is -0.466 e. The predicted octanol–water partition coefficient (Wildman–Crippen LogP) is 7.61.